The van der Waals surface area contributed by atoms with Gasteiger partial charge in [0.25, 0.3) is 0 Å². The molecule has 0 aliphatic rings. The van der Waals surface area contributed by atoms with Crippen molar-refractivity contribution in [3.05, 3.63) is 81.4 Å². The largest absolute Gasteiger partial charge is 0.0654 e. The van der Waals surface area contributed by atoms with Gasteiger partial charge in [-0.05, 0) is 128 Å². The highest BCUT2D eigenvalue weighted by atomic mass is 14.2. The second kappa shape index (κ2) is 13.1. The second-order valence-electron chi connectivity index (χ2n) is 10.9. The van der Waals surface area contributed by atoms with Crippen molar-refractivity contribution < 1.29 is 0 Å². The molecular formula is C35H48. The Kier molecular flexibility index (Phi) is 10.2. The molecule has 0 nitrogen and oxygen atoms in total. The molecule has 0 unspecified atom stereocenters. The Hall–Kier alpha value is -2.34. The van der Waals surface area contributed by atoms with Crippen LogP contribution in [-0.2, 0) is 12.8 Å². The lowest BCUT2D eigenvalue weighted by molar-refractivity contribution is 0.664. The summed E-state index contributed by atoms with van der Waals surface area (Å²) in [6.45, 7) is 16.0. The van der Waals surface area contributed by atoms with E-state index in [0.29, 0.717) is 0 Å². The average molecular weight is 469 g/mol. The summed E-state index contributed by atoms with van der Waals surface area (Å²) in [5.74, 6) is 0. The molecule has 0 heterocycles. The van der Waals surface area contributed by atoms with E-state index in [0.717, 1.165) is 0 Å². The highest BCUT2D eigenvalue weighted by Gasteiger charge is 2.11. The minimum absolute atomic E-state index is 1.21. The zero-order valence-corrected chi connectivity index (χ0v) is 23.6. The first kappa shape index (κ1) is 27.3. The molecule has 3 aromatic rings. The van der Waals surface area contributed by atoms with Gasteiger partial charge in [0.05, 0.1) is 0 Å². The maximum Gasteiger partial charge on any atom is -0.0175 e. The summed E-state index contributed by atoms with van der Waals surface area (Å²) in [5, 5.41) is 0. The Morgan fingerprint density at radius 3 is 1.09 bits per heavy atom. The topological polar surface area (TPSA) is 0 Å². The Labute approximate surface area is 216 Å². The van der Waals surface area contributed by atoms with Gasteiger partial charge < -0.3 is 0 Å². The maximum atomic E-state index is 2.41. The van der Waals surface area contributed by atoms with Crippen LogP contribution in [0.1, 0.15) is 104 Å². The van der Waals surface area contributed by atoms with Gasteiger partial charge in [0.1, 0.15) is 0 Å². The average Bonchev–Trinajstić information content (AvgIpc) is 2.81. The Morgan fingerprint density at radius 1 is 0.400 bits per heavy atom. The second-order valence-corrected chi connectivity index (χ2v) is 10.9. The standard InChI is InChI=1S/C35H48/c1-8-10-12-14-16-34-26(4)20-32(21-27(34)5)30-18-25(3)19-31(24-30)33-22-28(6)35(29(7)23-33)17-15-13-11-9-2/h18-24H,8-17H2,1-7H3. The lowest BCUT2D eigenvalue weighted by Gasteiger charge is -2.16. The van der Waals surface area contributed by atoms with E-state index in [9.17, 15) is 0 Å². The lowest BCUT2D eigenvalue weighted by Crippen LogP contribution is -1.97. The fourth-order valence-corrected chi connectivity index (χ4v) is 5.68. The summed E-state index contributed by atoms with van der Waals surface area (Å²) in [5.41, 5.74) is 15.6. The van der Waals surface area contributed by atoms with Crippen molar-refractivity contribution in [2.45, 2.75) is 113 Å². The van der Waals surface area contributed by atoms with Crippen LogP contribution in [-0.4, -0.2) is 0 Å². The monoisotopic (exact) mass is 468 g/mol. The molecule has 188 valence electrons. The molecule has 0 amide bonds. The van der Waals surface area contributed by atoms with Crippen LogP contribution >= 0.6 is 0 Å². The molecule has 0 heteroatoms. The molecular weight excluding hydrogens is 420 g/mol. The molecule has 0 saturated carbocycles. The summed E-state index contributed by atoms with van der Waals surface area (Å²) in [6.07, 6.45) is 13.0. The number of unbranched alkanes of at least 4 members (excludes halogenated alkanes) is 6. The first-order valence-corrected chi connectivity index (χ1v) is 14.2. The van der Waals surface area contributed by atoms with Crippen LogP contribution < -0.4 is 0 Å². The molecule has 0 spiro atoms. The molecule has 3 rings (SSSR count). The van der Waals surface area contributed by atoms with E-state index in [-0.39, 0.29) is 0 Å². The van der Waals surface area contributed by atoms with Gasteiger partial charge in [0, 0.05) is 0 Å². The van der Waals surface area contributed by atoms with Gasteiger partial charge in [0.2, 0.25) is 0 Å². The normalized spacial score (nSPS) is 11.3. The molecule has 0 aromatic heterocycles. The Morgan fingerprint density at radius 2 is 0.743 bits per heavy atom. The molecule has 0 fully saturated rings. The quantitative estimate of drug-likeness (QED) is 0.232. The number of benzene rings is 3. The van der Waals surface area contributed by atoms with Crippen molar-refractivity contribution in [1.82, 2.24) is 0 Å². The van der Waals surface area contributed by atoms with Crippen LogP contribution in [0.2, 0.25) is 0 Å². The number of hydrogen-bond acceptors (Lipinski definition) is 0. The van der Waals surface area contributed by atoms with Gasteiger partial charge in [-0.15, -0.1) is 0 Å². The molecule has 0 aliphatic heterocycles. The van der Waals surface area contributed by atoms with E-state index >= 15 is 0 Å². The van der Waals surface area contributed by atoms with Crippen LogP contribution in [0, 0.1) is 34.6 Å². The molecule has 0 bridgehead atoms. The van der Waals surface area contributed by atoms with E-state index < -0.39 is 0 Å². The zero-order chi connectivity index (χ0) is 25.4. The molecule has 0 N–H and O–H groups in total. The fourth-order valence-electron chi connectivity index (χ4n) is 5.68. The SMILES string of the molecule is CCCCCCc1c(C)cc(-c2cc(C)cc(-c3cc(C)c(CCCCCC)c(C)c3)c2)cc1C. The molecule has 0 radical (unpaired) electrons. The van der Waals surface area contributed by atoms with E-state index in [2.05, 4.69) is 90.9 Å². The van der Waals surface area contributed by atoms with Crippen LogP contribution in [0.4, 0.5) is 0 Å². The molecule has 0 aliphatic carbocycles. The van der Waals surface area contributed by atoms with Crippen LogP contribution in [0.3, 0.4) is 0 Å². The maximum absolute atomic E-state index is 2.41. The Balaban J connectivity index is 1.88. The summed E-state index contributed by atoms with van der Waals surface area (Å²) < 4.78 is 0. The fraction of sp³-hybridized carbons (Fsp3) is 0.486. The van der Waals surface area contributed by atoms with E-state index in [4.69, 9.17) is 0 Å². The minimum Gasteiger partial charge on any atom is -0.0654 e. The van der Waals surface area contributed by atoms with Gasteiger partial charge in [0.15, 0.2) is 0 Å². The highest BCUT2D eigenvalue weighted by Crippen LogP contribution is 2.33. The van der Waals surface area contributed by atoms with Crippen molar-refractivity contribution in [3.8, 4) is 22.3 Å². The van der Waals surface area contributed by atoms with Gasteiger partial charge >= 0.3 is 0 Å². The molecule has 0 saturated heterocycles. The summed E-state index contributed by atoms with van der Waals surface area (Å²) in [6, 6.07) is 16.7. The smallest absolute Gasteiger partial charge is 0.0175 e. The van der Waals surface area contributed by atoms with Crippen molar-refractivity contribution in [2.24, 2.45) is 0 Å². The number of aryl methyl sites for hydroxylation is 5. The van der Waals surface area contributed by atoms with Gasteiger partial charge in [-0.2, -0.15) is 0 Å². The van der Waals surface area contributed by atoms with Gasteiger partial charge in [-0.25, -0.2) is 0 Å². The predicted octanol–water partition coefficient (Wildman–Crippen LogP) is 10.8. The highest BCUT2D eigenvalue weighted by molar-refractivity contribution is 5.76. The third kappa shape index (κ3) is 7.33. The van der Waals surface area contributed by atoms with Crippen LogP contribution in [0.15, 0.2) is 42.5 Å². The van der Waals surface area contributed by atoms with E-state index in [1.807, 2.05) is 0 Å². The van der Waals surface area contributed by atoms with Gasteiger partial charge in [-0.3, -0.25) is 0 Å². The first-order chi connectivity index (χ1) is 16.8. The third-order valence-corrected chi connectivity index (χ3v) is 7.70. The molecule has 3 aromatic carbocycles. The third-order valence-electron chi connectivity index (χ3n) is 7.70. The number of hydrogen-bond donors (Lipinski definition) is 0. The van der Waals surface area contributed by atoms with Gasteiger partial charge in [-0.1, -0.05) is 88.8 Å². The summed E-state index contributed by atoms with van der Waals surface area (Å²) in [7, 11) is 0. The molecule has 0 atom stereocenters. The zero-order valence-electron chi connectivity index (χ0n) is 23.6. The summed E-state index contributed by atoms with van der Waals surface area (Å²) >= 11 is 0. The predicted molar refractivity (Wildman–Crippen MR) is 157 cm³/mol. The number of rotatable bonds is 12. The summed E-state index contributed by atoms with van der Waals surface area (Å²) in [4.78, 5) is 0. The van der Waals surface area contributed by atoms with Crippen LogP contribution in [0.25, 0.3) is 22.3 Å². The molecule has 35 heavy (non-hydrogen) atoms. The van der Waals surface area contributed by atoms with Crippen molar-refractivity contribution >= 4 is 0 Å². The van der Waals surface area contributed by atoms with Crippen molar-refractivity contribution in [2.75, 3.05) is 0 Å². The first-order valence-electron chi connectivity index (χ1n) is 14.2. The van der Waals surface area contributed by atoms with E-state index in [1.165, 1.54) is 114 Å². The van der Waals surface area contributed by atoms with Crippen molar-refractivity contribution in [1.29, 1.82) is 0 Å². The Bertz CT molecular complexity index is 983. The van der Waals surface area contributed by atoms with Crippen molar-refractivity contribution in [3.63, 3.8) is 0 Å². The minimum atomic E-state index is 1.21. The lowest BCUT2D eigenvalue weighted by atomic mass is 9.89. The van der Waals surface area contributed by atoms with E-state index in [1.54, 1.807) is 11.1 Å². The van der Waals surface area contributed by atoms with Crippen LogP contribution in [0.5, 0.6) is 0 Å².